The van der Waals surface area contributed by atoms with Crippen LogP contribution in [-0.2, 0) is 4.79 Å². The summed E-state index contributed by atoms with van der Waals surface area (Å²) in [6.45, 7) is 3.80. The number of anilines is 1. The van der Waals surface area contributed by atoms with Gasteiger partial charge in [-0.15, -0.1) is 0 Å². The molecule has 1 heterocycles. The Bertz CT molecular complexity index is 516. The number of hydrogen-bond acceptors (Lipinski definition) is 4. The number of rotatable bonds is 6. The van der Waals surface area contributed by atoms with E-state index in [-0.39, 0.29) is 11.7 Å². The van der Waals surface area contributed by atoms with E-state index < -0.39 is 0 Å². The molecule has 1 saturated heterocycles. The molecule has 21 heavy (non-hydrogen) atoms. The van der Waals surface area contributed by atoms with Crippen molar-refractivity contribution in [3.63, 3.8) is 0 Å². The SMILES string of the molecule is CNCC1CCCN1CC(=O)Nc1cccc(C(C)=O)c1. The second kappa shape index (κ2) is 7.33. The second-order valence-corrected chi connectivity index (χ2v) is 5.51. The molecule has 2 rings (SSSR count). The average molecular weight is 289 g/mol. The highest BCUT2D eigenvalue weighted by Gasteiger charge is 2.25. The van der Waals surface area contributed by atoms with Crippen LogP contribution in [0.5, 0.6) is 0 Å². The lowest BCUT2D eigenvalue weighted by Crippen LogP contribution is -2.41. The van der Waals surface area contributed by atoms with Crippen molar-refractivity contribution in [2.24, 2.45) is 0 Å². The zero-order valence-electron chi connectivity index (χ0n) is 12.7. The Morgan fingerprint density at radius 1 is 1.38 bits per heavy atom. The van der Waals surface area contributed by atoms with E-state index in [4.69, 9.17) is 0 Å². The summed E-state index contributed by atoms with van der Waals surface area (Å²) in [7, 11) is 1.93. The largest absolute Gasteiger partial charge is 0.325 e. The fourth-order valence-corrected chi connectivity index (χ4v) is 2.77. The van der Waals surface area contributed by atoms with Gasteiger partial charge in [0.1, 0.15) is 0 Å². The number of benzene rings is 1. The first-order chi connectivity index (χ1) is 10.1. The van der Waals surface area contributed by atoms with Crippen LogP contribution in [0.2, 0.25) is 0 Å². The summed E-state index contributed by atoms with van der Waals surface area (Å²) in [5, 5.41) is 6.05. The van der Waals surface area contributed by atoms with Crippen LogP contribution in [0, 0.1) is 0 Å². The number of amides is 1. The molecule has 1 aliphatic heterocycles. The topological polar surface area (TPSA) is 61.4 Å². The van der Waals surface area contributed by atoms with Gasteiger partial charge in [-0.3, -0.25) is 14.5 Å². The highest BCUT2D eigenvalue weighted by molar-refractivity contribution is 5.97. The van der Waals surface area contributed by atoms with E-state index in [0.717, 1.165) is 25.9 Å². The monoisotopic (exact) mass is 289 g/mol. The third-order valence-corrected chi connectivity index (χ3v) is 3.84. The lowest BCUT2D eigenvalue weighted by molar-refractivity contribution is -0.117. The number of carbonyl (C=O) groups excluding carboxylic acids is 2. The average Bonchev–Trinajstić information content (AvgIpc) is 2.86. The van der Waals surface area contributed by atoms with Crippen molar-refractivity contribution in [2.45, 2.75) is 25.8 Å². The van der Waals surface area contributed by atoms with Crippen LogP contribution in [0.25, 0.3) is 0 Å². The standard InChI is InChI=1S/C16H23N3O2/c1-12(20)13-5-3-6-14(9-13)18-16(21)11-19-8-4-7-15(19)10-17-2/h3,5-6,9,15,17H,4,7-8,10-11H2,1-2H3,(H,18,21). The van der Waals surface area contributed by atoms with E-state index in [2.05, 4.69) is 15.5 Å². The van der Waals surface area contributed by atoms with Gasteiger partial charge >= 0.3 is 0 Å². The molecule has 0 radical (unpaired) electrons. The Kier molecular flexibility index (Phi) is 5.47. The fraction of sp³-hybridized carbons (Fsp3) is 0.500. The second-order valence-electron chi connectivity index (χ2n) is 5.51. The quantitative estimate of drug-likeness (QED) is 0.779. The highest BCUT2D eigenvalue weighted by Crippen LogP contribution is 2.17. The van der Waals surface area contributed by atoms with E-state index in [9.17, 15) is 9.59 Å². The molecule has 5 nitrogen and oxygen atoms in total. The van der Waals surface area contributed by atoms with Gasteiger partial charge in [0.05, 0.1) is 6.54 Å². The Morgan fingerprint density at radius 2 is 2.19 bits per heavy atom. The number of carbonyl (C=O) groups is 2. The molecule has 1 amide bonds. The Morgan fingerprint density at radius 3 is 2.90 bits per heavy atom. The van der Waals surface area contributed by atoms with Crippen LogP contribution in [-0.4, -0.2) is 49.3 Å². The van der Waals surface area contributed by atoms with Crippen LogP contribution in [0.4, 0.5) is 5.69 Å². The first-order valence-electron chi connectivity index (χ1n) is 7.39. The van der Waals surface area contributed by atoms with Crippen molar-refractivity contribution in [1.82, 2.24) is 10.2 Å². The van der Waals surface area contributed by atoms with Crippen molar-refractivity contribution in [2.75, 3.05) is 32.0 Å². The van der Waals surface area contributed by atoms with Crippen LogP contribution in [0.3, 0.4) is 0 Å². The van der Waals surface area contributed by atoms with Gasteiger partial charge in [-0.05, 0) is 45.5 Å². The predicted molar refractivity (Wildman–Crippen MR) is 83.6 cm³/mol. The third-order valence-electron chi connectivity index (χ3n) is 3.84. The third kappa shape index (κ3) is 4.37. The van der Waals surface area contributed by atoms with Gasteiger partial charge in [-0.2, -0.15) is 0 Å². The van der Waals surface area contributed by atoms with Crippen LogP contribution < -0.4 is 10.6 Å². The maximum absolute atomic E-state index is 12.1. The predicted octanol–water partition coefficient (Wildman–Crippen LogP) is 1.51. The molecule has 114 valence electrons. The van der Waals surface area contributed by atoms with Gasteiger partial charge in [0.15, 0.2) is 5.78 Å². The molecule has 1 atom stereocenters. The first-order valence-corrected chi connectivity index (χ1v) is 7.39. The maximum atomic E-state index is 12.1. The van der Waals surface area contributed by atoms with Crippen molar-refractivity contribution in [1.29, 1.82) is 0 Å². The van der Waals surface area contributed by atoms with E-state index in [1.54, 1.807) is 24.3 Å². The van der Waals surface area contributed by atoms with Gasteiger partial charge in [0, 0.05) is 23.8 Å². The summed E-state index contributed by atoms with van der Waals surface area (Å²) in [6.07, 6.45) is 2.27. The van der Waals surface area contributed by atoms with Crippen LogP contribution in [0.15, 0.2) is 24.3 Å². The van der Waals surface area contributed by atoms with Crippen molar-refractivity contribution >= 4 is 17.4 Å². The Labute approximate surface area is 125 Å². The molecule has 0 saturated carbocycles. The molecule has 0 spiro atoms. The summed E-state index contributed by atoms with van der Waals surface area (Å²) >= 11 is 0. The van der Waals surface area contributed by atoms with Gasteiger partial charge in [-0.25, -0.2) is 0 Å². The number of likely N-dealkylation sites (N-methyl/N-ethyl adjacent to an activating group) is 1. The lowest BCUT2D eigenvalue weighted by Gasteiger charge is -2.23. The van der Waals surface area contributed by atoms with Crippen LogP contribution >= 0.6 is 0 Å². The number of nitrogens with one attached hydrogen (secondary N) is 2. The summed E-state index contributed by atoms with van der Waals surface area (Å²) < 4.78 is 0. The van der Waals surface area contributed by atoms with Crippen molar-refractivity contribution in [3.8, 4) is 0 Å². The fourth-order valence-electron chi connectivity index (χ4n) is 2.77. The summed E-state index contributed by atoms with van der Waals surface area (Å²) in [5.41, 5.74) is 1.29. The minimum Gasteiger partial charge on any atom is -0.325 e. The molecule has 0 bridgehead atoms. The zero-order valence-corrected chi connectivity index (χ0v) is 12.7. The Balaban J connectivity index is 1.92. The minimum absolute atomic E-state index is 0.000254. The summed E-state index contributed by atoms with van der Waals surface area (Å²) in [5.74, 6) is -0.0292. The smallest absolute Gasteiger partial charge is 0.238 e. The maximum Gasteiger partial charge on any atom is 0.238 e. The molecule has 1 fully saturated rings. The molecule has 5 heteroatoms. The number of likely N-dealkylation sites (tertiary alicyclic amines) is 1. The number of hydrogen-bond donors (Lipinski definition) is 2. The molecule has 0 aliphatic carbocycles. The van der Waals surface area contributed by atoms with Gasteiger partial charge in [0.25, 0.3) is 0 Å². The summed E-state index contributed by atoms with van der Waals surface area (Å²) in [6, 6.07) is 7.49. The van der Waals surface area contributed by atoms with Crippen molar-refractivity contribution in [3.05, 3.63) is 29.8 Å². The molecule has 0 aromatic heterocycles. The van der Waals surface area contributed by atoms with Gasteiger partial charge in [0.2, 0.25) is 5.91 Å². The number of ketones is 1. The molecular formula is C16H23N3O2. The summed E-state index contributed by atoms with van der Waals surface area (Å²) in [4.78, 5) is 25.7. The molecule has 1 aromatic carbocycles. The highest BCUT2D eigenvalue weighted by atomic mass is 16.2. The molecular weight excluding hydrogens is 266 g/mol. The minimum atomic E-state index is -0.0290. The number of Topliss-reactive ketones (excluding diaryl/α,β-unsaturated/α-hetero) is 1. The lowest BCUT2D eigenvalue weighted by atomic mass is 10.1. The van der Waals surface area contributed by atoms with Gasteiger partial charge < -0.3 is 10.6 Å². The van der Waals surface area contributed by atoms with E-state index in [1.807, 2.05) is 7.05 Å². The van der Waals surface area contributed by atoms with E-state index in [1.165, 1.54) is 6.92 Å². The molecule has 1 aromatic rings. The zero-order chi connectivity index (χ0) is 15.2. The van der Waals surface area contributed by atoms with Crippen molar-refractivity contribution < 1.29 is 9.59 Å². The van der Waals surface area contributed by atoms with E-state index >= 15 is 0 Å². The normalized spacial score (nSPS) is 18.7. The van der Waals surface area contributed by atoms with Gasteiger partial charge in [-0.1, -0.05) is 12.1 Å². The van der Waals surface area contributed by atoms with E-state index in [0.29, 0.717) is 23.8 Å². The molecule has 2 N–H and O–H groups in total. The first kappa shape index (κ1) is 15.7. The number of nitrogens with zero attached hydrogens (tertiary/aromatic N) is 1. The molecule has 1 aliphatic rings. The Hall–Kier alpha value is -1.72. The van der Waals surface area contributed by atoms with Crippen LogP contribution in [0.1, 0.15) is 30.1 Å². The molecule has 1 unspecified atom stereocenters.